The predicted octanol–water partition coefficient (Wildman–Crippen LogP) is 2.73. The van der Waals surface area contributed by atoms with Crippen LogP contribution in [0.2, 0.25) is 0 Å². The number of nitrogens with zero attached hydrogens (tertiary/aromatic N) is 2. The van der Waals surface area contributed by atoms with Gasteiger partial charge in [0.2, 0.25) is 5.91 Å². The molecule has 1 aromatic heterocycles. The van der Waals surface area contributed by atoms with E-state index < -0.39 is 0 Å². The summed E-state index contributed by atoms with van der Waals surface area (Å²) in [5.41, 5.74) is 2.06. The van der Waals surface area contributed by atoms with E-state index in [1.54, 1.807) is 11.3 Å². The summed E-state index contributed by atoms with van der Waals surface area (Å²) in [5, 5.41) is 3.96. The summed E-state index contributed by atoms with van der Waals surface area (Å²) in [6, 6.07) is 10.1. The highest BCUT2D eigenvalue weighted by Crippen LogP contribution is 2.27. The average molecular weight is 317 g/mol. The third-order valence-corrected chi connectivity index (χ3v) is 4.55. The molecule has 118 valence electrons. The van der Waals surface area contributed by atoms with E-state index in [4.69, 9.17) is 0 Å². The van der Waals surface area contributed by atoms with Gasteiger partial charge in [0, 0.05) is 17.0 Å². The quantitative estimate of drug-likeness (QED) is 0.799. The van der Waals surface area contributed by atoms with Crippen LogP contribution in [0.25, 0.3) is 10.6 Å². The van der Waals surface area contributed by atoms with Crippen molar-refractivity contribution in [3.8, 4) is 10.6 Å². The number of hydrogen-bond acceptors (Lipinski definition) is 4. The number of hydrogen-bond donors (Lipinski definition) is 1. The van der Waals surface area contributed by atoms with Gasteiger partial charge in [-0.2, -0.15) is 0 Å². The Labute approximate surface area is 136 Å². The fraction of sp³-hybridized carbons (Fsp3) is 0.412. The predicted molar refractivity (Wildman–Crippen MR) is 92.2 cm³/mol. The highest BCUT2D eigenvalue weighted by atomic mass is 32.1. The lowest BCUT2D eigenvalue weighted by Crippen LogP contribution is -2.28. The van der Waals surface area contributed by atoms with Crippen molar-refractivity contribution in [2.45, 2.75) is 19.8 Å². The standard InChI is InChI=1S/C17H23N3OS/c1-13-15(12-16(21)18-10-7-11-20(2)3)22-17(19-13)14-8-5-4-6-9-14/h4-6,8-9H,7,10-12H2,1-3H3,(H,18,21). The summed E-state index contributed by atoms with van der Waals surface area (Å²) in [5.74, 6) is 0.0742. The molecule has 0 saturated heterocycles. The number of aryl methyl sites for hydroxylation is 1. The molecule has 1 amide bonds. The molecule has 1 heterocycles. The molecule has 4 nitrogen and oxygen atoms in total. The Morgan fingerprint density at radius 1 is 1.27 bits per heavy atom. The lowest BCUT2D eigenvalue weighted by Gasteiger charge is -2.09. The maximum absolute atomic E-state index is 12.0. The van der Waals surface area contributed by atoms with Crippen LogP contribution >= 0.6 is 11.3 Å². The van der Waals surface area contributed by atoms with Crippen LogP contribution < -0.4 is 5.32 Å². The van der Waals surface area contributed by atoms with Crippen molar-refractivity contribution in [1.29, 1.82) is 0 Å². The molecule has 0 saturated carbocycles. The van der Waals surface area contributed by atoms with Gasteiger partial charge in [0.05, 0.1) is 12.1 Å². The van der Waals surface area contributed by atoms with Crippen LogP contribution in [0.15, 0.2) is 30.3 Å². The van der Waals surface area contributed by atoms with Gasteiger partial charge in [0.25, 0.3) is 0 Å². The topological polar surface area (TPSA) is 45.2 Å². The summed E-state index contributed by atoms with van der Waals surface area (Å²) in [6.45, 7) is 3.68. The normalized spacial score (nSPS) is 10.9. The van der Waals surface area contributed by atoms with Gasteiger partial charge in [0.15, 0.2) is 0 Å². The van der Waals surface area contributed by atoms with Crippen LogP contribution in [0, 0.1) is 6.92 Å². The lowest BCUT2D eigenvalue weighted by molar-refractivity contribution is -0.120. The second-order valence-electron chi connectivity index (χ2n) is 5.58. The van der Waals surface area contributed by atoms with Gasteiger partial charge in [-0.15, -0.1) is 11.3 Å². The van der Waals surface area contributed by atoms with Crippen LogP contribution in [0.1, 0.15) is 17.0 Å². The summed E-state index contributed by atoms with van der Waals surface area (Å²) < 4.78 is 0. The minimum Gasteiger partial charge on any atom is -0.356 e. The molecule has 0 atom stereocenters. The largest absolute Gasteiger partial charge is 0.356 e. The summed E-state index contributed by atoms with van der Waals surface area (Å²) in [4.78, 5) is 19.8. The molecule has 0 fully saturated rings. The van der Waals surface area contributed by atoms with Gasteiger partial charge >= 0.3 is 0 Å². The average Bonchev–Trinajstić information content (AvgIpc) is 2.85. The van der Waals surface area contributed by atoms with Crippen molar-refractivity contribution in [3.63, 3.8) is 0 Å². The minimum absolute atomic E-state index is 0.0742. The second kappa shape index (κ2) is 8.06. The molecule has 1 N–H and O–H groups in total. The highest BCUT2D eigenvalue weighted by Gasteiger charge is 2.12. The lowest BCUT2D eigenvalue weighted by atomic mass is 10.2. The molecule has 2 rings (SSSR count). The first-order valence-electron chi connectivity index (χ1n) is 7.49. The van der Waals surface area contributed by atoms with Gasteiger partial charge in [0.1, 0.15) is 5.01 Å². The first kappa shape index (κ1) is 16.6. The molecule has 0 aliphatic carbocycles. The zero-order chi connectivity index (χ0) is 15.9. The monoisotopic (exact) mass is 317 g/mol. The number of aromatic nitrogens is 1. The summed E-state index contributed by atoms with van der Waals surface area (Å²) in [7, 11) is 4.07. The fourth-order valence-corrected chi connectivity index (χ4v) is 3.19. The van der Waals surface area contributed by atoms with Crippen LogP contribution in [0.4, 0.5) is 0 Å². The number of carbonyl (C=O) groups is 1. The van der Waals surface area contributed by atoms with E-state index in [-0.39, 0.29) is 5.91 Å². The third-order valence-electron chi connectivity index (χ3n) is 3.34. The molecule has 0 aliphatic heterocycles. The first-order valence-corrected chi connectivity index (χ1v) is 8.31. The van der Waals surface area contributed by atoms with Crippen LogP contribution in [-0.4, -0.2) is 43.0 Å². The van der Waals surface area contributed by atoms with Gasteiger partial charge < -0.3 is 10.2 Å². The molecule has 0 unspecified atom stereocenters. The minimum atomic E-state index is 0.0742. The van der Waals surface area contributed by atoms with Crippen LogP contribution in [0.5, 0.6) is 0 Å². The Morgan fingerprint density at radius 2 is 2.00 bits per heavy atom. The Bertz CT molecular complexity index is 608. The number of amides is 1. The van der Waals surface area contributed by atoms with E-state index in [2.05, 4.69) is 15.2 Å². The summed E-state index contributed by atoms with van der Waals surface area (Å²) in [6.07, 6.45) is 1.38. The van der Waals surface area contributed by atoms with Crippen molar-refractivity contribution in [2.75, 3.05) is 27.2 Å². The summed E-state index contributed by atoms with van der Waals surface area (Å²) >= 11 is 1.60. The molecular weight excluding hydrogens is 294 g/mol. The molecule has 2 aromatic rings. The molecule has 1 aromatic carbocycles. The second-order valence-corrected chi connectivity index (χ2v) is 6.66. The molecule has 0 aliphatic rings. The third kappa shape index (κ3) is 4.93. The van der Waals surface area contributed by atoms with Gasteiger partial charge in [-0.25, -0.2) is 4.98 Å². The van der Waals surface area contributed by atoms with Crippen molar-refractivity contribution in [1.82, 2.24) is 15.2 Å². The number of rotatable bonds is 7. The molecule has 22 heavy (non-hydrogen) atoms. The van der Waals surface area contributed by atoms with E-state index in [9.17, 15) is 4.79 Å². The van der Waals surface area contributed by atoms with Crippen LogP contribution in [0.3, 0.4) is 0 Å². The van der Waals surface area contributed by atoms with Gasteiger partial charge in [-0.1, -0.05) is 30.3 Å². The van der Waals surface area contributed by atoms with E-state index in [0.29, 0.717) is 6.42 Å². The van der Waals surface area contributed by atoms with E-state index >= 15 is 0 Å². The van der Waals surface area contributed by atoms with E-state index in [1.165, 1.54) is 0 Å². The maximum Gasteiger partial charge on any atom is 0.225 e. The number of nitrogens with one attached hydrogen (secondary N) is 1. The van der Waals surface area contributed by atoms with Gasteiger partial charge in [-0.05, 0) is 34.0 Å². The zero-order valence-corrected chi connectivity index (χ0v) is 14.2. The van der Waals surface area contributed by atoms with Crippen molar-refractivity contribution in [2.24, 2.45) is 0 Å². The molecular formula is C17H23N3OS. The zero-order valence-electron chi connectivity index (χ0n) is 13.4. The Morgan fingerprint density at radius 3 is 2.68 bits per heavy atom. The van der Waals surface area contributed by atoms with Crippen molar-refractivity contribution < 1.29 is 4.79 Å². The fourth-order valence-electron chi connectivity index (χ4n) is 2.13. The number of carbonyl (C=O) groups excluding carboxylic acids is 1. The highest BCUT2D eigenvalue weighted by molar-refractivity contribution is 7.15. The number of benzene rings is 1. The van der Waals surface area contributed by atoms with Crippen LogP contribution in [-0.2, 0) is 11.2 Å². The molecule has 0 radical (unpaired) electrons. The molecule has 0 spiro atoms. The molecule has 0 bridgehead atoms. The van der Waals surface area contributed by atoms with Crippen molar-refractivity contribution in [3.05, 3.63) is 40.9 Å². The Kier molecular flexibility index (Phi) is 6.10. The Balaban J connectivity index is 1.90. The van der Waals surface area contributed by atoms with Gasteiger partial charge in [-0.3, -0.25) is 4.79 Å². The maximum atomic E-state index is 12.0. The Hall–Kier alpha value is -1.72. The first-order chi connectivity index (χ1) is 10.6. The number of thiazole rings is 1. The van der Waals surface area contributed by atoms with E-state index in [1.807, 2.05) is 51.4 Å². The van der Waals surface area contributed by atoms with Crippen molar-refractivity contribution >= 4 is 17.2 Å². The SMILES string of the molecule is Cc1nc(-c2ccccc2)sc1CC(=O)NCCCN(C)C. The molecule has 5 heteroatoms. The smallest absolute Gasteiger partial charge is 0.225 e. The van der Waals surface area contributed by atoms with E-state index in [0.717, 1.165) is 40.7 Å².